The third-order valence-corrected chi connectivity index (χ3v) is 5.50. The second-order valence-electron chi connectivity index (χ2n) is 9.89. The topological polar surface area (TPSA) is 148 Å². The molecule has 0 radical (unpaired) electrons. The first-order chi connectivity index (χ1) is 16.4. The van der Waals surface area contributed by atoms with Crippen molar-refractivity contribution in [2.75, 3.05) is 19.7 Å². The van der Waals surface area contributed by atoms with Crippen LogP contribution in [0.4, 0.5) is 4.79 Å². The number of aliphatic hydroxyl groups is 1. The van der Waals surface area contributed by atoms with E-state index in [2.05, 4.69) is 24.4 Å². The molecule has 4 N–H and O–H groups in total. The molecule has 2 fully saturated rings. The standard InChI is InChI=1S/C13H22O2.C12H21N3O5/c1-3-5-6-7-8-9-11-10-12(11)13(14)15-4-2;1-12(2,3)20-11(19)14-5-9(17)15-6-7(16)4-8(15)10(13)18/h8-9,11-12H,3-7,10H2,1-2H3;7-8,16H,4-6H2,1-3H3,(H2,13,18)(H,14,19)/b9-8-;. The van der Waals surface area contributed by atoms with E-state index < -0.39 is 35.7 Å². The Hall–Kier alpha value is -2.62. The number of rotatable bonds is 10. The summed E-state index contributed by atoms with van der Waals surface area (Å²) >= 11 is 0. The van der Waals surface area contributed by atoms with Crippen molar-refractivity contribution in [3.05, 3.63) is 12.2 Å². The van der Waals surface area contributed by atoms with E-state index in [4.69, 9.17) is 15.2 Å². The van der Waals surface area contributed by atoms with Crippen LogP contribution < -0.4 is 11.1 Å². The van der Waals surface area contributed by atoms with Crippen molar-refractivity contribution in [1.82, 2.24) is 10.2 Å². The lowest BCUT2D eigenvalue weighted by molar-refractivity contribution is -0.144. The number of β-amino-alcohol motifs (C(OH)–C–C–N with tert-alkyl or cyclic N) is 1. The number of nitrogens with two attached hydrogens (primary N) is 1. The fourth-order valence-electron chi connectivity index (χ4n) is 3.65. The Morgan fingerprint density at radius 1 is 1.14 bits per heavy atom. The summed E-state index contributed by atoms with van der Waals surface area (Å²) in [6.07, 6.45) is 9.01. The summed E-state index contributed by atoms with van der Waals surface area (Å²) in [7, 11) is 0. The van der Waals surface area contributed by atoms with Gasteiger partial charge in [-0.15, -0.1) is 0 Å². The number of aliphatic hydroxyl groups excluding tert-OH is 1. The van der Waals surface area contributed by atoms with E-state index in [1.54, 1.807) is 20.8 Å². The lowest BCUT2D eigenvalue weighted by atomic mass is 10.2. The van der Waals surface area contributed by atoms with Crippen LogP contribution in [0.5, 0.6) is 0 Å². The van der Waals surface area contributed by atoms with E-state index in [9.17, 15) is 24.3 Å². The smallest absolute Gasteiger partial charge is 0.408 e. The molecule has 1 heterocycles. The van der Waals surface area contributed by atoms with E-state index in [1.165, 1.54) is 24.2 Å². The molecular formula is C25H43N3O7. The van der Waals surface area contributed by atoms with Crippen LogP contribution in [0.3, 0.4) is 0 Å². The zero-order valence-electron chi connectivity index (χ0n) is 21.7. The number of unbranched alkanes of at least 4 members (excludes halogenated alkanes) is 3. The van der Waals surface area contributed by atoms with Crippen molar-refractivity contribution in [2.24, 2.45) is 17.6 Å². The SMILES string of the molecule is CC(C)(C)OC(=O)NCC(=O)N1CC(O)CC1C(N)=O.CCCCC/C=C\C1CC1C(=O)OCC. The molecule has 10 heteroatoms. The summed E-state index contributed by atoms with van der Waals surface area (Å²) in [6.45, 7) is 9.39. The van der Waals surface area contributed by atoms with Crippen molar-refractivity contribution >= 4 is 23.9 Å². The maximum Gasteiger partial charge on any atom is 0.408 e. The molecule has 10 nitrogen and oxygen atoms in total. The summed E-state index contributed by atoms with van der Waals surface area (Å²) in [5.41, 5.74) is 4.51. The number of carbonyl (C=O) groups is 4. The average molecular weight is 498 g/mol. The van der Waals surface area contributed by atoms with Gasteiger partial charge in [0.15, 0.2) is 0 Å². The Balaban J connectivity index is 0.000000365. The summed E-state index contributed by atoms with van der Waals surface area (Å²) in [4.78, 5) is 47.0. The molecule has 2 aliphatic rings. The molecule has 1 aliphatic carbocycles. The first-order valence-electron chi connectivity index (χ1n) is 12.5. The van der Waals surface area contributed by atoms with Crippen LogP contribution in [0, 0.1) is 11.8 Å². The Bertz CT molecular complexity index is 748. The van der Waals surface area contributed by atoms with Gasteiger partial charge in [-0.1, -0.05) is 31.9 Å². The van der Waals surface area contributed by atoms with Gasteiger partial charge in [-0.25, -0.2) is 4.79 Å². The molecule has 0 bridgehead atoms. The van der Waals surface area contributed by atoms with E-state index in [-0.39, 0.29) is 31.4 Å². The van der Waals surface area contributed by atoms with Crippen LogP contribution in [0.1, 0.15) is 73.1 Å². The normalized spacial score (nSPS) is 23.3. The summed E-state index contributed by atoms with van der Waals surface area (Å²) in [5.74, 6) is -0.554. The summed E-state index contributed by atoms with van der Waals surface area (Å²) in [5, 5.41) is 11.8. The molecule has 35 heavy (non-hydrogen) atoms. The molecule has 4 unspecified atom stereocenters. The van der Waals surface area contributed by atoms with Gasteiger partial charge in [0.05, 0.1) is 18.6 Å². The molecule has 4 atom stereocenters. The van der Waals surface area contributed by atoms with Crippen molar-refractivity contribution in [3.8, 4) is 0 Å². The van der Waals surface area contributed by atoms with Gasteiger partial charge in [0.25, 0.3) is 0 Å². The summed E-state index contributed by atoms with van der Waals surface area (Å²) in [6, 6.07) is -0.835. The number of nitrogens with one attached hydrogen (secondary N) is 1. The van der Waals surface area contributed by atoms with Gasteiger partial charge in [-0.2, -0.15) is 0 Å². The molecule has 0 aromatic heterocycles. The number of likely N-dealkylation sites (tertiary alicyclic amines) is 1. The Morgan fingerprint density at radius 3 is 2.40 bits per heavy atom. The monoisotopic (exact) mass is 497 g/mol. The number of primary amides is 1. The first kappa shape index (κ1) is 30.4. The van der Waals surface area contributed by atoms with Gasteiger partial charge in [-0.3, -0.25) is 14.4 Å². The number of ether oxygens (including phenoxy) is 2. The highest BCUT2D eigenvalue weighted by Crippen LogP contribution is 2.40. The highest BCUT2D eigenvalue weighted by atomic mass is 16.6. The van der Waals surface area contributed by atoms with Crippen LogP contribution in [0.2, 0.25) is 0 Å². The quantitative estimate of drug-likeness (QED) is 0.238. The average Bonchev–Trinajstić information content (AvgIpc) is 3.42. The molecular weight excluding hydrogens is 454 g/mol. The molecule has 2 rings (SSSR count). The lowest BCUT2D eigenvalue weighted by Gasteiger charge is -2.23. The molecule has 0 aromatic carbocycles. The predicted molar refractivity (Wildman–Crippen MR) is 131 cm³/mol. The number of alkyl carbamates (subject to hydrolysis) is 1. The van der Waals surface area contributed by atoms with E-state index in [0.29, 0.717) is 12.5 Å². The van der Waals surface area contributed by atoms with Gasteiger partial charge >= 0.3 is 12.1 Å². The minimum absolute atomic E-state index is 0.0132. The molecule has 1 saturated carbocycles. The zero-order valence-corrected chi connectivity index (χ0v) is 21.7. The number of hydrogen-bond acceptors (Lipinski definition) is 7. The molecule has 1 aliphatic heterocycles. The second kappa shape index (κ2) is 14.7. The van der Waals surface area contributed by atoms with Crippen LogP contribution in [0.15, 0.2) is 12.2 Å². The fourth-order valence-corrected chi connectivity index (χ4v) is 3.65. The van der Waals surface area contributed by atoms with Gasteiger partial charge < -0.3 is 30.5 Å². The number of carbonyl (C=O) groups excluding carboxylic acids is 4. The maximum atomic E-state index is 11.9. The lowest BCUT2D eigenvalue weighted by Crippen LogP contribution is -2.48. The number of allylic oxidation sites excluding steroid dienone is 2. The van der Waals surface area contributed by atoms with Gasteiger partial charge in [-0.05, 0) is 52.9 Å². The zero-order chi connectivity index (χ0) is 26.6. The summed E-state index contributed by atoms with van der Waals surface area (Å²) < 4.78 is 9.95. The van der Waals surface area contributed by atoms with Crippen LogP contribution in [-0.4, -0.2) is 71.3 Å². The third kappa shape index (κ3) is 12.1. The van der Waals surface area contributed by atoms with Gasteiger partial charge in [0.2, 0.25) is 11.8 Å². The highest BCUT2D eigenvalue weighted by Gasteiger charge is 2.42. The van der Waals surface area contributed by atoms with Crippen LogP contribution >= 0.6 is 0 Å². The molecule has 0 spiro atoms. The fraction of sp³-hybridized carbons (Fsp3) is 0.760. The van der Waals surface area contributed by atoms with E-state index in [0.717, 1.165) is 12.8 Å². The van der Waals surface area contributed by atoms with Crippen molar-refractivity contribution in [1.29, 1.82) is 0 Å². The predicted octanol–water partition coefficient (Wildman–Crippen LogP) is 2.28. The molecule has 0 aromatic rings. The van der Waals surface area contributed by atoms with Gasteiger partial charge in [0.1, 0.15) is 18.2 Å². The number of nitrogens with zero attached hydrogens (tertiary/aromatic N) is 1. The molecule has 3 amide bonds. The molecule has 1 saturated heterocycles. The Morgan fingerprint density at radius 2 is 1.83 bits per heavy atom. The maximum absolute atomic E-state index is 11.9. The highest BCUT2D eigenvalue weighted by molar-refractivity contribution is 5.89. The third-order valence-electron chi connectivity index (χ3n) is 5.50. The molecule has 200 valence electrons. The second-order valence-corrected chi connectivity index (χ2v) is 9.89. The minimum Gasteiger partial charge on any atom is -0.466 e. The van der Waals surface area contributed by atoms with Crippen LogP contribution in [-0.2, 0) is 23.9 Å². The largest absolute Gasteiger partial charge is 0.466 e. The van der Waals surface area contributed by atoms with Crippen LogP contribution in [0.25, 0.3) is 0 Å². The van der Waals surface area contributed by atoms with Crippen molar-refractivity contribution in [3.63, 3.8) is 0 Å². The van der Waals surface area contributed by atoms with Gasteiger partial charge in [0, 0.05) is 13.0 Å². The van der Waals surface area contributed by atoms with Crippen molar-refractivity contribution < 1.29 is 33.8 Å². The van der Waals surface area contributed by atoms with Crippen molar-refractivity contribution in [2.45, 2.75) is 90.9 Å². The number of amides is 3. The Kier molecular flexibility index (Phi) is 12.8. The minimum atomic E-state index is -0.835. The number of esters is 1. The van der Waals surface area contributed by atoms with E-state index in [1.807, 2.05) is 6.92 Å². The van der Waals surface area contributed by atoms with E-state index >= 15 is 0 Å². The number of hydrogen-bond donors (Lipinski definition) is 3. The first-order valence-corrected chi connectivity index (χ1v) is 12.5. The Labute approximate surface area is 208 Å².